The van der Waals surface area contributed by atoms with E-state index in [1.54, 1.807) is 0 Å². The fraction of sp³-hybridized carbons (Fsp3) is 0.241. The van der Waals surface area contributed by atoms with Gasteiger partial charge in [-0.05, 0) is 60.2 Å². The Labute approximate surface area is 254 Å². The van der Waals surface area contributed by atoms with Gasteiger partial charge in [-0.15, -0.1) is 0 Å². The molecule has 39 heavy (non-hydrogen) atoms. The highest BCUT2D eigenvalue weighted by Crippen LogP contribution is 2.59. The van der Waals surface area contributed by atoms with Crippen LogP contribution in [0.1, 0.15) is 11.5 Å². The molecule has 10 heteroatoms. The van der Waals surface area contributed by atoms with E-state index in [4.69, 9.17) is 28.8 Å². The Bertz CT molecular complexity index is 1580. The Kier molecular flexibility index (Phi) is 6.68. The second kappa shape index (κ2) is 9.91. The molecule has 0 radical (unpaired) electrons. The monoisotopic (exact) mass is 678 g/mol. The Morgan fingerprint density at radius 2 is 1.41 bits per heavy atom. The minimum Gasteiger partial charge on any atom is -0.367 e. The molecule has 0 aliphatic carbocycles. The second-order valence-corrected chi connectivity index (χ2v) is 12.6. The molecule has 3 atom stereocenters. The summed E-state index contributed by atoms with van der Waals surface area (Å²) in [6, 6.07) is 28.6. The van der Waals surface area contributed by atoms with Crippen LogP contribution < -0.4 is 9.80 Å². The van der Waals surface area contributed by atoms with Crippen LogP contribution in [0.3, 0.4) is 0 Å². The minimum absolute atomic E-state index is 0.325. The zero-order valence-electron chi connectivity index (χ0n) is 20.6. The zero-order chi connectivity index (χ0) is 27.4. The second-order valence-electron chi connectivity index (χ2n) is 9.97. The van der Waals surface area contributed by atoms with E-state index in [1.165, 1.54) is 0 Å². The minimum atomic E-state index is -1.21. The number of amidine groups is 1. The molecule has 0 amide bonds. The maximum atomic E-state index is 11.1. The number of nitrogens with zero attached hydrogens (tertiary/aromatic N) is 6. The van der Waals surface area contributed by atoms with E-state index in [2.05, 4.69) is 53.8 Å². The Morgan fingerprint density at radius 1 is 0.846 bits per heavy atom. The van der Waals surface area contributed by atoms with Gasteiger partial charge < -0.3 is 14.7 Å². The number of thiocarbonyl (C=S) groups is 1. The Morgan fingerprint density at radius 3 is 2.00 bits per heavy atom. The molecule has 2 bridgehead atoms. The Balaban J connectivity index is 1.55. The third-order valence-electron chi connectivity index (χ3n) is 7.85. The van der Waals surface area contributed by atoms with Crippen LogP contribution in [0.2, 0.25) is 5.02 Å². The van der Waals surface area contributed by atoms with Crippen LogP contribution in [0, 0.1) is 33.5 Å². The van der Waals surface area contributed by atoms with Crippen molar-refractivity contribution >= 4 is 77.9 Å². The van der Waals surface area contributed by atoms with Crippen LogP contribution in [0.15, 0.2) is 86.7 Å². The molecule has 2 saturated heterocycles. The number of hydrogen-bond donors (Lipinski definition) is 0. The first kappa shape index (κ1) is 26.3. The quantitative estimate of drug-likeness (QED) is 0.279. The molecule has 3 aliphatic rings. The van der Waals surface area contributed by atoms with E-state index < -0.39 is 16.7 Å². The van der Waals surface area contributed by atoms with Gasteiger partial charge in [0.05, 0.1) is 18.8 Å². The van der Waals surface area contributed by atoms with E-state index in [-0.39, 0.29) is 0 Å². The average molecular weight is 681 g/mol. The fourth-order valence-electron chi connectivity index (χ4n) is 6.14. The number of anilines is 2. The molecule has 3 aromatic carbocycles. The smallest absolute Gasteiger partial charge is 0.141 e. The largest absolute Gasteiger partial charge is 0.367 e. The number of hydrogen-bond acceptors (Lipinski definition) is 6. The number of piperidine rings is 2. The highest BCUT2D eigenvalue weighted by molar-refractivity contribution is 9.10. The van der Waals surface area contributed by atoms with Gasteiger partial charge in [0.2, 0.25) is 0 Å². The van der Waals surface area contributed by atoms with Gasteiger partial charge in [0.25, 0.3) is 0 Å². The number of rotatable bonds is 3. The SMILES string of the molecule is N#C[C@]12CN(c3ccc(Br)cc3)C[C@](C#N)(C(=S)N3CN(c4ccc(Br)cc4)CN=C31)[C@@H]2c1ccccc1Cl. The molecule has 0 N–H and O–H groups in total. The van der Waals surface area contributed by atoms with Crippen LogP contribution in [0.4, 0.5) is 11.4 Å². The molecule has 6 nitrogen and oxygen atoms in total. The average Bonchev–Trinajstić information content (AvgIpc) is 2.96. The summed E-state index contributed by atoms with van der Waals surface area (Å²) in [5.74, 6) is 0.0168. The predicted molar refractivity (Wildman–Crippen MR) is 165 cm³/mol. The van der Waals surface area contributed by atoms with Gasteiger partial charge >= 0.3 is 0 Å². The zero-order valence-corrected chi connectivity index (χ0v) is 25.3. The summed E-state index contributed by atoms with van der Waals surface area (Å²) in [6.45, 7) is 1.44. The van der Waals surface area contributed by atoms with Crippen LogP contribution in [0.5, 0.6) is 0 Å². The van der Waals surface area contributed by atoms with Crippen molar-refractivity contribution in [3.8, 4) is 12.1 Å². The highest BCUT2D eigenvalue weighted by atomic mass is 79.9. The van der Waals surface area contributed by atoms with Gasteiger partial charge in [-0.3, -0.25) is 0 Å². The molecule has 0 unspecified atom stereocenters. The molecule has 0 saturated carbocycles. The Hall–Kier alpha value is -2.95. The molecule has 3 aromatic rings. The number of nitriles is 2. The lowest BCUT2D eigenvalue weighted by Gasteiger charge is -2.61. The summed E-state index contributed by atoms with van der Waals surface area (Å²) >= 11 is 20.0. The van der Waals surface area contributed by atoms with Crippen LogP contribution >= 0.6 is 55.7 Å². The van der Waals surface area contributed by atoms with Crippen molar-refractivity contribution in [1.82, 2.24) is 4.90 Å². The van der Waals surface area contributed by atoms with Gasteiger partial charge in [-0.2, -0.15) is 10.5 Å². The van der Waals surface area contributed by atoms with Crippen molar-refractivity contribution in [3.63, 3.8) is 0 Å². The molecular formula is C29H21Br2ClN6S. The lowest BCUT2D eigenvalue weighted by molar-refractivity contribution is 0.206. The van der Waals surface area contributed by atoms with E-state index in [9.17, 15) is 10.5 Å². The predicted octanol–water partition coefficient (Wildman–Crippen LogP) is 6.97. The van der Waals surface area contributed by atoms with Crippen molar-refractivity contribution in [1.29, 1.82) is 10.5 Å². The fourth-order valence-corrected chi connectivity index (χ4v) is 7.29. The van der Waals surface area contributed by atoms with E-state index in [1.807, 2.05) is 77.7 Å². The third-order valence-corrected chi connectivity index (χ3v) is 9.84. The van der Waals surface area contributed by atoms with E-state index in [0.717, 1.165) is 25.9 Å². The van der Waals surface area contributed by atoms with Crippen LogP contribution in [-0.2, 0) is 0 Å². The van der Waals surface area contributed by atoms with Gasteiger partial charge in [-0.1, -0.05) is 73.9 Å². The van der Waals surface area contributed by atoms with Gasteiger partial charge in [0, 0.05) is 44.4 Å². The van der Waals surface area contributed by atoms with Crippen molar-refractivity contribution in [3.05, 3.63) is 92.3 Å². The normalized spacial score (nSPS) is 25.9. The topological polar surface area (TPSA) is 69.7 Å². The molecule has 3 heterocycles. The standard InChI is InChI=1S/C29H21Br2ClN6S/c30-19-5-9-21(10-6-19)36-15-28(13-33)25(23-3-1-2-4-24(23)32)29(14-34,16-36)27(39)38-18-37(17-35-26(28)38)22-11-7-20(31)8-12-22/h1-12,25H,15-18H2/t25-,28-,29+/m1/s1. The lowest BCUT2D eigenvalue weighted by Crippen LogP contribution is -2.73. The van der Waals surface area contributed by atoms with Gasteiger partial charge in [-0.25, -0.2) is 4.99 Å². The first-order valence-electron chi connectivity index (χ1n) is 12.3. The van der Waals surface area contributed by atoms with Crippen molar-refractivity contribution in [2.45, 2.75) is 5.92 Å². The van der Waals surface area contributed by atoms with Gasteiger partial charge in [0.15, 0.2) is 0 Å². The molecule has 2 fully saturated rings. The summed E-state index contributed by atoms with van der Waals surface area (Å²) in [5, 5.41) is 22.6. The van der Waals surface area contributed by atoms with E-state index >= 15 is 0 Å². The summed E-state index contributed by atoms with van der Waals surface area (Å²) in [5.41, 5.74) is 0.274. The highest BCUT2D eigenvalue weighted by Gasteiger charge is 2.68. The van der Waals surface area contributed by atoms with Crippen molar-refractivity contribution in [2.24, 2.45) is 15.8 Å². The molecule has 0 aromatic heterocycles. The lowest BCUT2D eigenvalue weighted by atomic mass is 9.53. The number of benzene rings is 3. The molecular weight excluding hydrogens is 660 g/mol. The molecule has 194 valence electrons. The van der Waals surface area contributed by atoms with E-state index in [0.29, 0.717) is 42.3 Å². The number of fused-ring (bicyclic) bond motifs is 4. The first-order valence-corrected chi connectivity index (χ1v) is 14.6. The molecule has 6 rings (SSSR count). The summed E-state index contributed by atoms with van der Waals surface area (Å²) < 4.78 is 1.94. The van der Waals surface area contributed by atoms with Crippen LogP contribution in [-0.4, -0.2) is 42.2 Å². The van der Waals surface area contributed by atoms with Crippen molar-refractivity contribution < 1.29 is 0 Å². The molecule has 0 spiro atoms. The molecule has 3 aliphatic heterocycles. The summed E-state index contributed by atoms with van der Waals surface area (Å²) in [6.07, 6.45) is 0. The van der Waals surface area contributed by atoms with Crippen molar-refractivity contribution in [2.75, 3.05) is 36.2 Å². The number of aliphatic imine (C=N–C) groups is 1. The third kappa shape index (κ3) is 4.06. The van der Waals surface area contributed by atoms with Gasteiger partial charge in [0.1, 0.15) is 28.3 Å². The first-order chi connectivity index (χ1) is 18.8. The summed E-state index contributed by atoms with van der Waals surface area (Å²) in [4.78, 5) is 11.6. The maximum Gasteiger partial charge on any atom is 0.141 e. The number of halogens is 3. The van der Waals surface area contributed by atoms with Crippen LogP contribution in [0.25, 0.3) is 0 Å². The summed E-state index contributed by atoms with van der Waals surface area (Å²) in [7, 11) is 0. The maximum absolute atomic E-state index is 11.1.